The quantitative estimate of drug-likeness (QED) is 0.143. The van der Waals surface area contributed by atoms with Crippen molar-refractivity contribution < 1.29 is 42.5 Å². The minimum absolute atomic E-state index is 0.0114. The van der Waals surface area contributed by atoms with E-state index in [1.165, 1.54) is 27.4 Å². The molecule has 1 aliphatic heterocycles. The highest BCUT2D eigenvalue weighted by Gasteiger charge is 2.58. The third kappa shape index (κ3) is 7.37. The van der Waals surface area contributed by atoms with Gasteiger partial charge in [-0.2, -0.15) is 0 Å². The summed E-state index contributed by atoms with van der Waals surface area (Å²) < 4.78 is 43.2. The normalized spacial score (nSPS) is 19.8. The number of carbonyl (C=O) groups excluding carboxylic acids is 3. The lowest BCUT2D eigenvalue weighted by Gasteiger charge is -2.35. The molecule has 4 aromatic carbocycles. The van der Waals surface area contributed by atoms with Crippen molar-refractivity contribution in [3.05, 3.63) is 119 Å². The Hall–Kier alpha value is -5.42. The van der Waals surface area contributed by atoms with Gasteiger partial charge in [0.05, 0.1) is 32.3 Å². The second-order valence-corrected chi connectivity index (χ2v) is 14.2. The van der Waals surface area contributed by atoms with Crippen LogP contribution in [0.5, 0.6) is 11.5 Å². The number of halogens is 1. The van der Waals surface area contributed by atoms with Crippen LogP contribution in [0.3, 0.4) is 0 Å². The van der Waals surface area contributed by atoms with E-state index in [1.807, 2.05) is 24.3 Å². The number of likely N-dealkylation sites (tertiary alicyclic amines) is 1. The summed E-state index contributed by atoms with van der Waals surface area (Å²) in [5, 5.41) is 2.82. The fourth-order valence-electron chi connectivity index (χ4n) is 8.17. The zero-order valence-electron chi connectivity index (χ0n) is 30.8. The number of amides is 2. The molecule has 0 bridgehead atoms. The van der Waals surface area contributed by atoms with E-state index in [2.05, 4.69) is 29.6 Å². The number of hydrogen-bond acceptors (Lipinski definition) is 8. The Bertz CT molecular complexity index is 1980. The highest BCUT2D eigenvalue weighted by atomic mass is 19.1. The van der Waals surface area contributed by atoms with Crippen molar-refractivity contribution in [2.75, 3.05) is 27.9 Å². The molecule has 3 unspecified atom stereocenters. The molecule has 7 rings (SSSR count). The molecule has 1 saturated heterocycles. The Morgan fingerprint density at radius 1 is 0.833 bits per heavy atom. The van der Waals surface area contributed by atoms with Crippen molar-refractivity contribution in [2.24, 2.45) is 11.8 Å². The Morgan fingerprint density at radius 3 is 2.19 bits per heavy atom. The monoisotopic (exact) mass is 736 g/mol. The maximum Gasteiger partial charge on any atom is 0.410 e. The highest BCUT2D eigenvalue weighted by Crippen LogP contribution is 2.50. The van der Waals surface area contributed by atoms with Crippen LogP contribution in [-0.4, -0.2) is 75.0 Å². The van der Waals surface area contributed by atoms with Gasteiger partial charge >= 0.3 is 12.1 Å². The van der Waals surface area contributed by atoms with Gasteiger partial charge in [0.15, 0.2) is 0 Å². The third-order valence-corrected chi connectivity index (χ3v) is 11.1. The van der Waals surface area contributed by atoms with E-state index in [1.54, 1.807) is 48.2 Å². The number of benzene rings is 4. The molecule has 0 spiro atoms. The molecule has 0 aromatic heterocycles. The molecule has 1 heterocycles. The Balaban J connectivity index is 1.04. The Morgan fingerprint density at radius 2 is 1.52 bits per heavy atom. The van der Waals surface area contributed by atoms with Crippen LogP contribution in [0.1, 0.15) is 47.9 Å². The lowest BCUT2D eigenvalue weighted by atomic mass is 9.93. The van der Waals surface area contributed by atoms with Gasteiger partial charge < -0.3 is 29.0 Å². The molecular formula is C43H45FN2O8. The topological polar surface area (TPSA) is 113 Å². The van der Waals surface area contributed by atoms with Crippen LogP contribution < -0.4 is 14.8 Å². The minimum Gasteiger partial charge on any atom is -0.497 e. The first kappa shape index (κ1) is 36.9. The molecule has 2 aliphatic carbocycles. The zero-order chi connectivity index (χ0) is 37.9. The van der Waals surface area contributed by atoms with Gasteiger partial charge in [0.1, 0.15) is 36.6 Å². The summed E-state index contributed by atoms with van der Waals surface area (Å²) in [5.74, 6) is -1.29. The first-order chi connectivity index (χ1) is 26.2. The molecule has 2 amide bonds. The lowest BCUT2D eigenvalue weighted by Crippen LogP contribution is -2.53. The van der Waals surface area contributed by atoms with Gasteiger partial charge in [-0.25, -0.2) is 14.0 Å². The van der Waals surface area contributed by atoms with E-state index in [4.69, 9.17) is 23.7 Å². The van der Waals surface area contributed by atoms with Crippen molar-refractivity contribution in [3.8, 4) is 22.6 Å². The van der Waals surface area contributed by atoms with Crippen LogP contribution in [0.25, 0.3) is 11.1 Å². The molecule has 282 valence electrons. The van der Waals surface area contributed by atoms with Gasteiger partial charge in [-0.1, -0.05) is 73.7 Å². The van der Waals surface area contributed by atoms with Crippen LogP contribution in [0.2, 0.25) is 0 Å². The summed E-state index contributed by atoms with van der Waals surface area (Å²) in [6.07, 6.45) is 0.257. The molecule has 54 heavy (non-hydrogen) atoms. The molecule has 2 fully saturated rings. The minimum atomic E-state index is -1.21. The average molecular weight is 737 g/mol. The summed E-state index contributed by atoms with van der Waals surface area (Å²) in [5.41, 5.74) is 5.37. The molecule has 6 atom stereocenters. The number of ether oxygens (including phenoxy) is 5. The summed E-state index contributed by atoms with van der Waals surface area (Å²) in [6.45, 7) is 1.74. The number of rotatable bonds is 14. The predicted octanol–water partition coefficient (Wildman–Crippen LogP) is 6.68. The number of nitrogens with one attached hydrogen (secondary N) is 1. The molecule has 4 aromatic rings. The number of fused-ring (bicyclic) bond motifs is 4. The number of esters is 1. The molecular weight excluding hydrogens is 691 g/mol. The zero-order valence-corrected chi connectivity index (χ0v) is 30.8. The first-order valence-electron chi connectivity index (χ1n) is 18.3. The van der Waals surface area contributed by atoms with E-state index in [-0.39, 0.29) is 37.2 Å². The first-order valence-corrected chi connectivity index (χ1v) is 18.3. The van der Waals surface area contributed by atoms with Crippen molar-refractivity contribution in [1.82, 2.24) is 10.2 Å². The number of carbonyl (C=O) groups is 3. The lowest BCUT2D eigenvalue weighted by molar-refractivity contribution is -0.150. The third-order valence-electron chi connectivity index (χ3n) is 11.1. The van der Waals surface area contributed by atoms with E-state index in [0.29, 0.717) is 29.4 Å². The smallest absolute Gasteiger partial charge is 0.410 e. The van der Waals surface area contributed by atoms with Crippen LogP contribution in [0.15, 0.2) is 91.0 Å². The van der Waals surface area contributed by atoms with Crippen LogP contribution in [0.4, 0.5) is 9.18 Å². The van der Waals surface area contributed by atoms with Crippen molar-refractivity contribution >= 4 is 18.0 Å². The number of methoxy groups -OCH3 is 3. The number of hydrogen-bond donors (Lipinski definition) is 1. The van der Waals surface area contributed by atoms with E-state index in [9.17, 15) is 18.8 Å². The van der Waals surface area contributed by atoms with Gasteiger partial charge in [0.2, 0.25) is 5.91 Å². The second-order valence-electron chi connectivity index (χ2n) is 14.2. The molecule has 11 heteroatoms. The molecule has 1 saturated carbocycles. The maximum absolute atomic E-state index is 14.8. The average Bonchev–Trinajstić information content (AvgIpc) is 3.74. The van der Waals surface area contributed by atoms with Crippen LogP contribution in [0, 0.1) is 17.7 Å². The number of nitrogens with zero attached hydrogens (tertiary/aromatic N) is 1. The van der Waals surface area contributed by atoms with E-state index < -0.39 is 47.9 Å². The Labute approximate surface area is 314 Å². The fraction of sp³-hybridized carbons (Fsp3) is 0.372. The van der Waals surface area contributed by atoms with Crippen LogP contribution >= 0.6 is 0 Å². The van der Waals surface area contributed by atoms with Gasteiger partial charge in [0.25, 0.3) is 0 Å². The SMILES string of the molecule is COc1ccc(COC(=O)[C@H](Cc2ccccc2F)NC(=O)[C@H](C)[C@@H](OC)C2CC3CC3N2C(=O)OCC2c3ccccc3-c3ccccc32)c(OC)c1. The molecule has 1 N–H and O–H groups in total. The van der Waals surface area contributed by atoms with Gasteiger partial charge in [-0.05, 0) is 64.8 Å². The predicted molar refractivity (Wildman–Crippen MR) is 199 cm³/mol. The van der Waals surface area contributed by atoms with Gasteiger partial charge in [0, 0.05) is 37.1 Å². The summed E-state index contributed by atoms with van der Waals surface area (Å²) in [7, 11) is 4.55. The van der Waals surface area contributed by atoms with E-state index >= 15 is 0 Å². The summed E-state index contributed by atoms with van der Waals surface area (Å²) in [4.78, 5) is 43.2. The van der Waals surface area contributed by atoms with Gasteiger partial charge in [-0.3, -0.25) is 9.69 Å². The standard InChI is InChI=1S/C43H45FN2O8/c1-25(41(47)45-36(19-26-11-5-10-16-35(26)44)42(48)53-23-27-17-18-29(50-2)22-39(27)51-3)40(52-4)38-21-28-20-37(28)46(38)43(49)54-24-34-32-14-8-6-12-30(32)31-13-7-9-15-33(31)34/h5-18,22,25,28,34,36-38,40H,19-21,23-24H2,1-4H3,(H,45,47)/t25-,28?,36+,37?,38?,40-/m1/s1. The van der Waals surface area contributed by atoms with Crippen molar-refractivity contribution in [1.29, 1.82) is 0 Å². The largest absolute Gasteiger partial charge is 0.497 e. The Kier molecular flexibility index (Phi) is 10.9. The van der Waals surface area contributed by atoms with Crippen molar-refractivity contribution in [3.63, 3.8) is 0 Å². The fourth-order valence-corrected chi connectivity index (χ4v) is 8.17. The highest BCUT2D eigenvalue weighted by molar-refractivity contribution is 5.86. The van der Waals surface area contributed by atoms with Crippen molar-refractivity contribution in [2.45, 2.75) is 62.9 Å². The maximum atomic E-state index is 14.8. The summed E-state index contributed by atoms with van der Waals surface area (Å²) in [6, 6.07) is 25.9. The number of piperidine rings is 1. The molecule has 0 radical (unpaired) electrons. The molecule has 3 aliphatic rings. The summed E-state index contributed by atoms with van der Waals surface area (Å²) >= 11 is 0. The second kappa shape index (κ2) is 15.9. The van der Waals surface area contributed by atoms with Crippen LogP contribution in [-0.2, 0) is 36.8 Å². The van der Waals surface area contributed by atoms with Gasteiger partial charge in [-0.15, -0.1) is 0 Å². The molecule has 10 nitrogen and oxygen atoms in total. The van der Waals surface area contributed by atoms with E-state index in [0.717, 1.165) is 28.7 Å².